The third-order valence-corrected chi connectivity index (χ3v) is 5.54. The standard InChI is InChI=1S/C11H23N3O2S/c12-5-1-2-10-17(15,16)14-8-6-13(7-9-14)11-3-4-11/h11H,1-10,12H2. The molecule has 1 saturated carbocycles. The highest BCUT2D eigenvalue weighted by Gasteiger charge is 2.33. The number of piperazine rings is 1. The lowest BCUT2D eigenvalue weighted by atomic mass is 10.3. The SMILES string of the molecule is NCCCCS(=O)(=O)N1CCN(C2CC2)CC1. The molecule has 1 heterocycles. The summed E-state index contributed by atoms with van der Waals surface area (Å²) in [6, 6.07) is 0.747. The smallest absolute Gasteiger partial charge is 0.214 e. The van der Waals surface area contributed by atoms with E-state index in [0.717, 1.165) is 25.6 Å². The van der Waals surface area contributed by atoms with Crippen LogP contribution in [0.4, 0.5) is 0 Å². The molecule has 0 atom stereocenters. The summed E-state index contributed by atoms with van der Waals surface area (Å²) in [5.41, 5.74) is 5.38. The molecule has 5 nitrogen and oxygen atoms in total. The van der Waals surface area contributed by atoms with E-state index >= 15 is 0 Å². The maximum Gasteiger partial charge on any atom is 0.214 e. The monoisotopic (exact) mass is 261 g/mol. The summed E-state index contributed by atoms with van der Waals surface area (Å²) in [5.74, 6) is 0.258. The van der Waals surface area contributed by atoms with Crippen molar-refractivity contribution in [3.05, 3.63) is 0 Å². The van der Waals surface area contributed by atoms with Crippen LogP contribution in [0, 0.1) is 0 Å². The molecule has 0 amide bonds. The Hall–Kier alpha value is -0.170. The highest BCUT2D eigenvalue weighted by atomic mass is 32.2. The molecule has 0 spiro atoms. The van der Waals surface area contributed by atoms with Crippen molar-refractivity contribution < 1.29 is 8.42 Å². The summed E-state index contributed by atoms with van der Waals surface area (Å²) in [5, 5.41) is 0. The van der Waals surface area contributed by atoms with Crippen LogP contribution in [0.2, 0.25) is 0 Å². The summed E-state index contributed by atoms with van der Waals surface area (Å²) in [7, 11) is -3.03. The van der Waals surface area contributed by atoms with Gasteiger partial charge in [0.25, 0.3) is 0 Å². The lowest BCUT2D eigenvalue weighted by molar-refractivity contribution is 0.180. The number of rotatable bonds is 6. The van der Waals surface area contributed by atoms with Crippen LogP contribution in [0.15, 0.2) is 0 Å². The van der Waals surface area contributed by atoms with E-state index in [-0.39, 0.29) is 5.75 Å². The highest BCUT2D eigenvalue weighted by molar-refractivity contribution is 7.89. The Labute approximate surface area is 104 Å². The van der Waals surface area contributed by atoms with Gasteiger partial charge in [0.15, 0.2) is 0 Å². The summed E-state index contributed by atoms with van der Waals surface area (Å²) in [4.78, 5) is 2.42. The van der Waals surface area contributed by atoms with Gasteiger partial charge in [0.05, 0.1) is 5.75 Å². The minimum Gasteiger partial charge on any atom is -0.330 e. The van der Waals surface area contributed by atoms with Gasteiger partial charge in [-0.25, -0.2) is 8.42 Å². The molecule has 2 fully saturated rings. The van der Waals surface area contributed by atoms with Crippen molar-refractivity contribution in [2.45, 2.75) is 31.7 Å². The van der Waals surface area contributed by atoms with Crippen LogP contribution < -0.4 is 5.73 Å². The van der Waals surface area contributed by atoms with Gasteiger partial charge in [-0.1, -0.05) is 0 Å². The fourth-order valence-electron chi connectivity index (χ4n) is 2.34. The zero-order chi connectivity index (χ0) is 12.3. The number of hydrogen-bond donors (Lipinski definition) is 1. The number of hydrogen-bond acceptors (Lipinski definition) is 4. The molecule has 1 saturated heterocycles. The Balaban J connectivity index is 1.77. The van der Waals surface area contributed by atoms with Crippen molar-refractivity contribution in [3.63, 3.8) is 0 Å². The first-order valence-electron chi connectivity index (χ1n) is 6.55. The number of nitrogens with two attached hydrogens (primary N) is 1. The molecule has 0 unspecified atom stereocenters. The molecule has 100 valence electrons. The first kappa shape index (κ1) is 13.3. The van der Waals surface area contributed by atoms with Crippen LogP contribution >= 0.6 is 0 Å². The second kappa shape index (κ2) is 5.65. The number of sulfonamides is 1. The van der Waals surface area contributed by atoms with Crippen LogP contribution in [0.25, 0.3) is 0 Å². The summed E-state index contributed by atoms with van der Waals surface area (Å²) < 4.78 is 25.7. The van der Waals surface area contributed by atoms with E-state index in [9.17, 15) is 8.42 Å². The second-order valence-electron chi connectivity index (χ2n) is 4.98. The van der Waals surface area contributed by atoms with E-state index in [4.69, 9.17) is 5.73 Å². The van der Waals surface area contributed by atoms with Gasteiger partial charge in [-0.15, -0.1) is 0 Å². The van der Waals surface area contributed by atoms with Crippen molar-refractivity contribution in [1.82, 2.24) is 9.21 Å². The Morgan fingerprint density at radius 3 is 2.24 bits per heavy atom. The molecule has 0 aromatic heterocycles. The molecule has 0 radical (unpaired) electrons. The van der Waals surface area contributed by atoms with Gasteiger partial charge < -0.3 is 5.73 Å². The van der Waals surface area contributed by atoms with Crippen LogP contribution in [0.3, 0.4) is 0 Å². The molecule has 2 N–H and O–H groups in total. The summed E-state index contributed by atoms with van der Waals surface area (Å²) >= 11 is 0. The van der Waals surface area contributed by atoms with Gasteiger partial charge in [-0.2, -0.15) is 4.31 Å². The zero-order valence-electron chi connectivity index (χ0n) is 10.3. The predicted octanol–water partition coefficient (Wildman–Crippen LogP) is -0.165. The molecule has 2 aliphatic rings. The number of unbranched alkanes of at least 4 members (excludes halogenated alkanes) is 1. The van der Waals surface area contributed by atoms with Crippen molar-refractivity contribution in [3.8, 4) is 0 Å². The van der Waals surface area contributed by atoms with E-state index in [2.05, 4.69) is 4.90 Å². The molecule has 1 aliphatic carbocycles. The lowest BCUT2D eigenvalue weighted by Crippen LogP contribution is -2.49. The summed E-state index contributed by atoms with van der Waals surface area (Å²) in [6.07, 6.45) is 4.06. The fraction of sp³-hybridized carbons (Fsp3) is 1.00. The predicted molar refractivity (Wildman–Crippen MR) is 68.2 cm³/mol. The van der Waals surface area contributed by atoms with Crippen LogP contribution in [0.1, 0.15) is 25.7 Å². The fourth-order valence-corrected chi connectivity index (χ4v) is 3.89. The molecular formula is C11H23N3O2S. The third-order valence-electron chi connectivity index (χ3n) is 3.59. The number of nitrogens with zero attached hydrogens (tertiary/aromatic N) is 2. The van der Waals surface area contributed by atoms with Crippen LogP contribution in [0.5, 0.6) is 0 Å². The Morgan fingerprint density at radius 1 is 1.06 bits per heavy atom. The van der Waals surface area contributed by atoms with E-state index in [1.807, 2.05) is 0 Å². The first-order chi connectivity index (χ1) is 8.13. The van der Waals surface area contributed by atoms with Crippen molar-refractivity contribution in [2.75, 3.05) is 38.5 Å². The molecule has 0 aromatic rings. The Kier molecular flexibility index (Phi) is 4.41. The average Bonchev–Trinajstić information content (AvgIpc) is 3.13. The van der Waals surface area contributed by atoms with E-state index in [0.29, 0.717) is 26.1 Å². The van der Waals surface area contributed by atoms with Crippen LogP contribution in [-0.4, -0.2) is 62.1 Å². The van der Waals surface area contributed by atoms with Crippen molar-refractivity contribution >= 4 is 10.0 Å². The van der Waals surface area contributed by atoms with Crippen LogP contribution in [-0.2, 0) is 10.0 Å². The average molecular weight is 261 g/mol. The maximum atomic E-state index is 12.0. The van der Waals surface area contributed by atoms with Gasteiger partial charge in [0, 0.05) is 32.2 Å². The Morgan fingerprint density at radius 2 is 1.71 bits per heavy atom. The third kappa shape index (κ3) is 3.64. The van der Waals surface area contributed by atoms with E-state index in [1.165, 1.54) is 12.8 Å². The van der Waals surface area contributed by atoms with Gasteiger partial charge in [-0.3, -0.25) is 4.90 Å². The van der Waals surface area contributed by atoms with Crippen molar-refractivity contribution in [2.24, 2.45) is 5.73 Å². The quantitative estimate of drug-likeness (QED) is 0.675. The maximum absolute atomic E-state index is 12.0. The van der Waals surface area contributed by atoms with Crippen molar-refractivity contribution in [1.29, 1.82) is 0 Å². The topological polar surface area (TPSA) is 66.6 Å². The first-order valence-corrected chi connectivity index (χ1v) is 8.16. The summed E-state index contributed by atoms with van der Waals surface area (Å²) in [6.45, 7) is 3.72. The van der Waals surface area contributed by atoms with E-state index in [1.54, 1.807) is 4.31 Å². The zero-order valence-corrected chi connectivity index (χ0v) is 11.2. The van der Waals surface area contributed by atoms with Gasteiger partial charge in [0.2, 0.25) is 10.0 Å². The van der Waals surface area contributed by atoms with Gasteiger partial charge >= 0.3 is 0 Å². The largest absolute Gasteiger partial charge is 0.330 e. The Bertz CT molecular complexity index is 333. The molecule has 1 aliphatic heterocycles. The second-order valence-corrected chi connectivity index (χ2v) is 7.07. The van der Waals surface area contributed by atoms with E-state index < -0.39 is 10.0 Å². The van der Waals surface area contributed by atoms with Gasteiger partial charge in [0.1, 0.15) is 0 Å². The molecular weight excluding hydrogens is 238 g/mol. The molecule has 6 heteroatoms. The normalized spacial score (nSPS) is 24.1. The molecule has 17 heavy (non-hydrogen) atoms. The lowest BCUT2D eigenvalue weighted by Gasteiger charge is -2.34. The molecule has 0 aromatic carbocycles. The molecule has 2 rings (SSSR count). The minimum atomic E-state index is -3.03. The minimum absolute atomic E-state index is 0.258. The van der Waals surface area contributed by atoms with Gasteiger partial charge in [-0.05, 0) is 32.2 Å². The molecule has 0 bridgehead atoms. The highest BCUT2D eigenvalue weighted by Crippen LogP contribution is 2.27.